The van der Waals surface area contributed by atoms with Crippen LogP contribution in [0.5, 0.6) is 0 Å². The molecule has 0 saturated carbocycles. The van der Waals surface area contributed by atoms with Gasteiger partial charge in [0, 0.05) is 6.54 Å². The molecule has 2 rings (SSSR count). The number of sulfone groups is 1. The minimum Gasteiger partial charge on any atom is -0.348 e. The number of hydrogen-bond donors (Lipinski definition) is 1. The zero-order chi connectivity index (χ0) is 16.9. The van der Waals surface area contributed by atoms with Gasteiger partial charge in [-0.15, -0.1) is 0 Å². The maximum atomic E-state index is 12.3. The van der Waals surface area contributed by atoms with E-state index in [2.05, 4.69) is 5.32 Å². The van der Waals surface area contributed by atoms with Gasteiger partial charge in [0.05, 0.1) is 27.8 Å². The SMILES string of the molecule is CCS(=O)(=O)c1ccccc1C(=O)NCc1ccc(C#N)cc1. The molecule has 0 unspecified atom stereocenters. The van der Waals surface area contributed by atoms with Crippen LogP contribution in [0.25, 0.3) is 0 Å². The summed E-state index contributed by atoms with van der Waals surface area (Å²) >= 11 is 0. The number of nitriles is 1. The summed E-state index contributed by atoms with van der Waals surface area (Å²) in [5, 5.41) is 11.5. The molecule has 23 heavy (non-hydrogen) atoms. The lowest BCUT2D eigenvalue weighted by molar-refractivity contribution is 0.0947. The summed E-state index contributed by atoms with van der Waals surface area (Å²) in [6.07, 6.45) is 0. The second-order valence-electron chi connectivity index (χ2n) is 4.89. The normalized spacial score (nSPS) is 10.8. The fourth-order valence-electron chi connectivity index (χ4n) is 2.06. The number of amides is 1. The molecule has 0 aliphatic carbocycles. The Morgan fingerprint density at radius 2 is 1.78 bits per heavy atom. The first-order valence-corrected chi connectivity index (χ1v) is 8.72. The molecule has 0 spiro atoms. The number of nitrogens with zero attached hydrogens (tertiary/aromatic N) is 1. The molecule has 0 heterocycles. The molecule has 2 aromatic rings. The number of rotatable bonds is 5. The van der Waals surface area contributed by atoms with Gasteiger partial charge in [-0.3, -0.25) is 4.79 Å². The smallest absolute Gasteiger partial charge is 0.252 e. The van der Waals surface area contributed by atoms with E-state index in [4.69, 9.17) is 5.26 Å². The van der Waals surface area contributed by atoms with E-state index in [1.165, 1.54) is 12.1 Å². The first kappa shape index (κ1) is 16.7. The molecule has 0 aliphatic heterocycles. The minimum absolute atomic E-state index is 0.0415. The molecule has 0 radical (unpaired) electrons. The summed E-state index contributed by atoms with van der Waals surface area (Å²) in [4.78, 5) is 12.3. The molecule has 0 fully saturated rings. The van der Waals surface area contributed by atoms with Crippen LogP contribution < -0.4 is 5.32 Å². The summed E-state index contributed by atoms with van der Waals surface area (Å²) in [5.74, 6) is -0.505. The van der Waals surface area contributed by atoms with Gasteiger partial charge in [0.2, 0.25) is 0 Å². The third-order valence-corrected chi connectivity index (χ3v) is 5.17. The summed E-state index contributed by atoms with van der Waals surface area (Å²) in [6.45, 7) is 1.80. The molecule has 1 amide bonds. The van der Waals surface area contributed by atoms with E-state index >= 15 is 0 Å². The van der Waals surface area contributed by atoms with Crippen LogP contribution in [0.2, 0.25) is 0 Å². The van der Waals surface area contributed by atoms with E-state index in [-0.39, 0.29) is 22.8 Å². The Balaban J connectivity index is 2.17. The van der Waals surface area contributed by atoms with Crippen LogP contribution in [0.3, 0.4) is 0 Å². The molecule has 0 aromatic heterocycles. The van der Waals surface area contributed by atoms with E-state index in [1.807, 2.05) is 6.07 Å². The van der Waals surface area contributed by atoms with Crippen molar-refractivity contribution in [2.75, 3.05) is 5.75 Å². The molecule has 1 N–H and O–H groups in total. The first-order valence-electron chi connectivity index (χ1n) is 7.07. The van der Waals surface area contributed by atoms with Gasteiger partial charge in [0.25, 0.3) is 5.91 Å². The van der Waals surface area contributed by atoms with E-state index < -0.39 is 15.7 Å². The highest BCUT2D eigenvalue weighted by molar-refractivity contribution is 7.91. The largest absolute Gasteiger partial charge is 0.348 e. The minimum atomic E-state index is -3.46. The maximum Gasteiger partial charge on any atom is 0.252 e. The number of benzene rings is 2. The predicted molar refractivity (Wildman–Crippen MR) is 86.5 cm³/mol. The van der Waals surface area contributed by atoms with Crippen molar-refractivity contribution in [1.82, 2.24) is 5.32 Å². The van der Waals surface area contributed by atoms with Crippen molar-refractivity contribution in [3.8, 4) is 6.07 Å². The van der Waals surface area contributed by atoms with Crippen molar-refractivity contribution in [3.63, 3.8) is 0 Å². The Labute approximate surface area is 135 Å². The zero-order valence-corrected chi connectivity index (χ0v) is 13.4. The van der Waals surface area contributed by atoms with Gasteiger partial charge in [-0.2, -0.15) is 5.26 Å². The van der Waals surface area contributed by atoms with Crippen LogP contribution in [0.15, 0.2) is 53.4 Å². The summed E-state index contributed by atoms with van der Waals surface area (Å²) in [5.41, 5.74) is 1.51. The van der Waals surface area contributed by atoms with Crippen molar-refractivity contribution >= 4 is 15.7 Å². The lowest BCUT2D eigenvalue weighted by atomic mass is 10.1. The lowest BCUT2D eigenvalue weighted by Crippen LogP contribution is -2.25. The Bertz CT molecular complexity index is 850. The van der Waals surface area contributed by atoms with Gasteiger partial charge in [-0.05, 0) is 29.8 Å². The average Bonchev–Trinajstić information content (AvgIpc) is 2.60. The van der Waals surface area contributed by atoms with Crippen molar-refractivity contribution < 1.29 is 13.2 Å². The maximum absolute atomic E-state index is 12.3. The Hall–Kier alpha value is -2.65. The summed E-state index contributed by atoms with van der Waals surface area (Å²) in [6, 6.07) is 15.0. The fraction of sp³-hybridized carbons (Fsp3) is 0.176. The highest BCUT2D eigenvalue weighted by Crippen LogP contribution is 2.17. The molecule has 0 saturated heterocycles. The summed E-state index contributed by atoms with van der Waals surface area (Å²) < 4.78 is 24.1. The predicted octanol–water partition coefficient (Wildman–Crippen LogP) is 2.28. The van der Waals surface area contributed by atoms with Crippen molar-refractivity contribution in [1.29, 1.82) is 5.26 Å². The molecular formula is C17H16N2O3S. The van der Waals surface area contributed by atoms with E-state index in [9.17, 15) is 13.2 Å². The van der Waals surface area contributed by atoms with E-state index in [0.29, 0.717) is 5.56 Å². The van der Waals surface area contributed by atoms with Crippen LogP contribution in [-0.4, -0.2) is 20.1 Å². The Morgan fingerprint density at radius 3 is 2.39 bits per heavy atom. The van der Waals surface area contributed by atoms with Crippen molar-refractivity contribution in [3.05, 3.63) is 65.2 Å². The molecule has 6 heteroatoms. The number of hydrogen-bond acceptors (Lipinski definition) is 4. The van der Waals surface area contributed by atoms with E-state index in [1.54, 1.807) is 43.3 Å². The van der Waals surface area contributed by atoms with Gasteiger partial charge < -0.3 is 5.32 Å². The molecule has 0 aliphatic rings. The highest BCUT2D eigenvalue weighted by Gasteiger charge is 2.20. The molecule has 118 valence electrons. The first-order chi connectivity index (χ1) is 11.0. The third-order valence-electron chi connectivity index (χ3n) is 3.38. The van der Waals surface area contributed by atoms with Crippen molar-refractivity contribution in [2.45, 2.75) is 18.4 Å². The quantitative estimate of drug-likeness (QED) is 0.912. The van der Waals surface area contributed by atoms with Gasteiger partial charge in [0.1, 0.15) is 0 Å². The Morgan fingerprint density at radius 1 is 1.13 bits per heavy atom. The van der Waals surface area contributed by atoms with Gasteiger partial charge >= 0.3 is 0 Å². The fourth-order valence-corrected chi connectivity index (χ4v) is 3.15. The van der Waals surface area contributed by atoms with Gasteiger partial charge in [0.15, 0.2) is 9.84 Å². The van der Waals surface area contributed by atoms with Crippen LogP contribution in [0, 0.1) is 11.3 Å². The van der Waals surface area contributed by atoms with Gasteiger partial charge in [-0.25, -0.2) is 8.42 Å². The van der Waals surface area contributed by atoms with Crippen molar-refractivity contribution in [2.24, 2.45) is 0 Å². The molecule has 0 bridgehead atoms. The van der Waals surface area contributed by atoms with Gasteiger partial charge in [-0.1, -0.05) is 31.2 Å². The molecule has 5 nitrogen and oxygen atoms in total. The Kier molecular flexibility index (Phi) is 5.14. The second-order valence-corrected chi connectivity index (χ2v) is 7.14. The lowest BCUT2D eigenvalue weighted by Gasteiger charge is -2.10. The van der Waals surface area contributed by atoms with E-state index in [0.717, 1.165) is 5.56 Å². The molecular weight excluding hydrogens is 312 g/mol. The van der Waals surface area contributed by atoms with Crippen LogP contribution >= 0.6 is 0 Å². The standard InChI is InChI=1S/C17H16N2O3S/c1-2-23(21,22)16-6-4-3-5-15(16)17(20)19-12-14-9-7-13(11-18)8-10-14/h3-10H,2,12H2,1H3,(H,19,20). The number of carbonyl (C=O) groups is 1. The topological polar surface area (TPSA) is 87.0 Å². The highest BCUT2D eigenvalue weighted by atomic mass is 32.2. The molecule has 0 atom stereocenters. The van der Waals surface area contributed by atoms with Crippen LogP contribution in [0.4, 0.5) is 0 Å². The van der Waals surface area contributed by atoms with Crippen LogP contribution in [-0.2, 0) is 16.4 Å². The number of carbonyl (C=O) groups excluding carboxylic acids is 1. The zero-order valence-electron chi connectivity index (χ0n) is 12.6. The second kappa shape index (κ2) is 7.07. The average molecular weight is 328 g/mol. The van der Waals surface area contributed by atoms with Crippen LogP contribution in [0.1, 0.15) is 28.4 Å². The summed E-state index contributed by atoms with van der Waals surface area (Å²) in [7, 11) is -3.46. The number of nitrogens with one attached hydrogen (secondary N) is 1. The monoisotopic (exact) mass is 328 g/mol. The molecule has 2 aromatic carbocycles. The third kappa shape index (κ3) is 3.96.